The molecular formula is C23H16BrClN2O3. The van der Waals surface area contributed by atoms with Gasteiger partial charge >= 0.3 is 0 Å². The highest BCUT2D eigenvalue weighted by Gasteiger charge is 2.41. The first kappa shape index (κ1) is 18.1. The lowest BCUT2D eigenvalue weighted by molar-refractivity contribution is -0.0190. The molecule has 2 atom stereocenters. The lowest BCUT2D eigenvalue weighted by atomic mass is 9.96. The fourth-order valence-electron chi connectivity index (χ4n) is 4.16. The van der Waals surface area contributed by atoms with Crippen LogP contribution in [-0.2, 0) is 0 Å². The average molecular weight is 484 g/mol. The molecule has 0 N–H and O–H groups in total. The maximum Gasteiger partial charge on any atom is 0.231 e. The Balaban J connectivity index is 1.43. The van der Waals surface area contributed by atoms with Crippen molar-refractivity contribution in [1.29, 1.82) is 0 Å². The van der Waals surface area contributed by atoms with Gasteiger partial charge in [0.25, 0.3) is 0 Å². The Morgan fingerprint density at radius 1 is 0.933 bits per heavy atom. The Bertz CT molecular complexity index is 1180. The second-order valence-electron chi connectivity index (χ2n) is 7.42. The molecule has 0 fully saturated rings. The van der Waals surface area contributed by atoms with Crippen LogP contribution >= 0.6 is 27.5 Å². The van der Waals surface area contributed by atoms with E-state index in [2.05, 4.69) is 27.0 Å². The zero-order valence-electron chi connectivity index (χ0n) is 15.7. The summed E-state index contributed by atoms with van der Waals surface area (Å²) in [6.07, 6.45) is 0.448. The van der Waals surface area contributed by atoms with Crippen molar-refractivity contribution in [3.63, 3.8) is 0 Å². The van der Waals surface area contributed by atoms with Gasteiger partial charge in [-0.15, -0.1) is 0 Å². The second-order valence-corrected chi connectivity index (χ2v) is 8.77. The van der Waals surface area contributed by atoms with Gasteiger partial charge in [-0.25, -0.2) is 5.01 Å². The molecule has 0 aliphatic carbocycles. The maximum absolute atomic E-state index is 6.40. The van der Waals surface area contributed by atoms with Gasteiger partial charge < -0.3 is 14.2 Å². The molecule has 3 heterocycles. The van der Waals surface area contributed by atoms with Crippen molar-refractivity contribution in [1.82, 2.24) is 5.01 Å². The van der Waals surface area contributed by atoms with Crippen LogP contribution in [0.15, 0.2) is 70.2 Å². The van der Waals surface area contributed by atoms with Gasteiger partial charge in [-0.1, -0.05) is 39.7 Å². The summed E-state index contributed by atoms with van der Waals surface area (Å²) >= 11 is 9.69. The fourth-order valence-corrected chi connectivity index (χ4v) is 4.66. The minimum Gasteiger partial charge on any atom is -0.464 e. The first-order valence-corrected chi connectivity index (χ1v) is 10.8. The van der Waals surface area contributed by atoms with Crippen LogP contribution in [0.5, 0.6) is 17.2 Å². The molecule has 3 aliphatic rings. The monoisotopic (exact) mass is 482 g/mol. The van der Waals surface area contributed by atoms with Crippen molar-refractivity contribution >= 4 is 33.2 Å². The summed E-state index contributed by atoms with van der Waals surface area (Å²) in [7, 11) is 0. The normalized spacial score (nSPS) is 21.0. The Kier molecular flexibility index (Phi) is 4.18. The zero-order valence-corrected chi connectivity index (χ0v) is 18.1. The third-order valence-corrected chi connectivity index (χ3v) is 6.36. The first-order valence-electron chi connectivity index (χ1n) is 9.63. The number of benzene rings is 3. The molecule has 0 bridgehead atoms. The van der Waals surface area contributed by atoms with Gasteiger partial charge in [0.05, 0.1) is 11.8 Å². The van der Waals surface area contributed by atoms with E-state index >= 15 is 0 Å². The smallest absolute Gasteiger partial charge is 0.231 e. The van der Waals surface area contributed by atoms with Crippen molar-refractivity contribution in [2.45, 2.75) is 18.7 Å². The third-order valence-electron chi connectivity index (χ3n) is 5.61. The highest BCUT2D eigenvalue weighted by Crippen LogP contribution is 2.48. The van der Waals surface area contributed by atoms with E-state index in [1.165, 1.54) is 0 Å². The van der Waals surface area contributed by atoms with Gasteiger partial charge in [-0.2, -0.15) is 5.10 Å². The van der Waals surface area contributed by atoms with Crippen LogP contribution in [0.2, 0.25) is 5.02 Å². The molecule has 5 nitrogen and oxygen atoms in total. The summed E-state index contributed by atoms with van der Waals surface area (Å²) in [6, 6.07) is 19.9. The van der Waals surface area contributed by atoms with Crippen molar-refractivity contribution in [3.8, 4) is 17.2 Å². The Morgan fingerprint density at radius 2 is 1.73 bits per heavy atom. The Morgan fingerprint density at radius 3 is 2.60 bits per heavy atom. The lowest BCUT2D eigenvalue weighted by Crippen LogP contribution is -2.33. The number of hydrogen-bond acceptors (Lipinski definition) is 5. The molecule has 0 saturated carbocycles. The maximum atomic E-state index is 6.40. The summed E-state index contributed by atoms with van der Waals surface area (Å²) in [6.45, 7) is 0.258. The van der Waals surface area contributed by atoms with Gasteiger partial charge in [0.1, 0.15) is 5.75 Å². The molecule has 0 spiro atoms. The van der Waals surface area contributed by atoms with E-state index in [9.17, 15) is 0 Å². The zero-order chi connectivity index (χ0) is 20.2. The SMILES string of the molecule is Clc1ccc([C@@H]2Oc3ccc(Br)cc3[C@H]3CC(c4ccc5c(c4)OCO5)=NN32)cc1. The second kappa shape index (κ2) is 6.93. The van der Waals surface area contributed by atoms with E-state index in [-0.39, 0.29) is 19.1 Å². The minimum atomic E-state index is -0.326. The predicted molar refractivity (Wildman–Crippen MR) is 117 cm³/mol. The van der Waals surface area contributed by atoms with Crippen LogP contribution in [0.4, 0.5) is 0 Å². The van der Waals surface area contributed by atoms with Gasteiger partial charge in [0.2, 0.25) is 13.0 Å². The minimum absolute atomic E-state index is 0.0763. The Labute approximate surface area is 186 Å². The number of rotatable bonds is 2. The van der Waals surface area contributed by atoms with Crippen molar-refractivity contribution < 1.29 is 14.2 Å². The lowest BCUT2D eigenvalue weighted by Gasteiger charge is -2.38. The standard InChI is InChI=1S/C23H16BrClN2O3/c24-15-4-8-20-17(10-15)19-11-18(14-3-7-21-22(9-14)29-12-28-21)26-27(19)23(30-20)13-1-5-16(25)6-2-13/h1-10,19,23H,11-12H2/t19-,23+/m1/s1. The third kappa shape index (κ3) is 2.94. The first-order chi connectivity index (χ1) is 14.7. The van der Waals surface area contributed by atoms with Crippen molar-refractivity contribution in [2.75, 3.05) is 6.79 Å². The van der Waals surface area contributed by atoms with Gasteiger partial charge in [0.15, 0.2) is 11.5 Å². The summed E-state index contributed by atoms with van der Waals surface area (Å²) in [5.74, 6) is 2.40. The van der Waals surface area contributed by atoms with Crippen LogP contribution < -0.4 is 14.2 Å². The highest BCUT2D eigenvalue weighted by atomic mass is 79.9. The molecule has 150 valence electrons. The van der Waals surface area contributed by atoms with E-state index in [0.29, 0.717) is 5.02 Å². The van der Waals surface area contributed by atoms with Crippen LogP contribution in [0.1, 0.15) is 35.4 Å². The van der Waals surface area contributed by atoms with Crippen LogP contribution in [0.3, 0.4) is 0 Å². The number of fused-ring (bicyclic) bond motifs is 4. The fraction of sp³-hybridized carbons (Fsp3) is 0.174. The van der Waals surface area contributed by atoms with E-state index in [1.807, 2.05) is 54.6 Å². The molecule has 30 heavy (non-hydrogen) atoms. The summed E-state index contributed by atoms with van der Waals surface area (Å²) in [5.41, 5.74) is 4.15. The summed E-state index contributed by atoms with van der Waals surface area (Å²) in [5, 5.41) is 7.74. The summed E-state index contributed by atoms with van der Waals surface area (Å²) in [4.78, 5) is 0. The molecule has 0 amide bonds. The number of hydrogen-bond donors (Lipinski definition) is 0. The van der Waals surface area contributed by atoms with E-state index < -0.39 is 0 Å². The van der Waals surface area contributed by atoms with Crippen LogP contribution in [0, 0.1) is 0 Å². The van der Waals surface area contributed by atoms with E-state index in [0.717, 1.165) is 50.5 Å². The molecule has 6 rings (SSSR count). The number of halogens is 2. The van der Waals surface area contributed by atoms with Crippen molar-refractivity contribution in [3.05, 3.63) is 86.8 Å². The molecule has 3 aromatic rings. The van der Waals surface area contributed by atoms with Crippen molar-refractivity contribution in [2.24, 2.45) is 5.10 Å². The number of ether oxygens (including phenoxy) is 3. The van der Waals surface area contributed by atoms with Gasteiger partial charge in [0, 0.05) is 32.6 Å². The van der Waals surface area contributed by atoms with E-state index in [1.54, 1.807) is 0 Å². The van der Waals surface area contributed by atoms with Crippen LogP contribution in [-0.4, -0.2) is 17.5 Å². The number of hydrazone groups is 1. The Hall–Kier alpha value is -2.70. The van der Waals surface area contributed by atoms with Gasteiger partial charge in [-0.05, 0) is 48.5 Å². The summed E-state index contributed by atoms with van der Waals surface area (Å²) < 4.78 is 18.4. The molecule has 0 unspecified atom stereocenters. The largest absolute Gasteiger partial charge is 0.464 e. The molecule has 0 saturated heterocycles. The molecule has 0 aromatic heterocycles. The molecular weight excluding hydrogens is 468 g/mol. The molecule has 0 radical (unpaired) electrons. The topological polar surface area (TPSA) is 43.3 Å². The highest BCUT2D eigenvalue weighted by molar-refractivity contribution is 9.10. The molecule has 3 aliphatic heterocycles. The van der Waals surface area contributed by atoms with Crippen LogP contribution in [0.25, 0.3) is 0 Å². The number of nitrogens with zero attached hydrogens (tertiary/aromatic N) is 2. The average Bonchev–Trinajstić information content (AvgIpc) is 3.41. The molecule has 7 heteroatoms. The molecule has 3 aromatic carbocycles. The van der Waals surface area contributed by atoms with Gasteiger partial charge in [-0.3, -0.25) is 0 Å². The van der Waals surface area contributed by atoms with E-state index in [4.69, 9.17) is 30.9 Å². The predicted octanol–water partition coefficient (Wildman–Crippen LogP) is 6.07. The quantitative estimate of drug-likeness (QED) is 0.443.